The Hall–Kier alpha value is -5.32. The fourth-order valence-electron chi connectivity index (χ4n) is 11.4. The Morgan fingerprint density at radius 3 is 0.750 bits per heavy atom. The van der Waals surface area contributed by atoms with Crippen LogP contribution in [0.15, 0.2) is 158 Å². The van der Waals surface area contributed by atoms with E-state index < -0.39 is 97.5 Å². The normalized spacial score (nSPS) is 14.5. The van der Waals surface area contributed by atoms with Crippen molar-refractivity contribution in [3.63, 3.8) is 0 Å². The van der Waals surface area contributed by atoms with Crippen LogP contribution in [0.3, 0.4) is 0 Å². The van der Waals surface area contributed by atoms with Crippen LogP contribution in [0.25, 0.3) is 0 Å². The molecule has 0 bridgehead atoms. The molecule has 0 saturated carbocycles. The van der Waals surface area contributed by atoms with Crippen molar-refractivity contribution in [3.05, 3.63) is 158 Å². The van der Waals surface area contributed by atoms with Crippen LogP contribution in [0.4, 0.5) is 0 Å². The maximum atomic E-state index is 13.2. The molecule has 640 valence electrons. The van der Waals surface area contributed by atoms with E-state index in [1.54, 1.807) is 0 Å². The largest absolute Gasteiger partial charge is 0.472 e. The fourth-order valence-corrected chi connectivity index (χ4v) is 12.9. The summed E-state index contributed by atoms with van der Waals surface area (Å²) in [6, 6.07) is 0. The molecule has 0 amide bonds. The third-order valence-electron chi connectivity index (χ3n) is 18.0. The number of hydrogen-bond donors (Lipinski definition) is 3. The maximum absolute atomic E-state index is 13.2. The lowest BCUT2D eigenvalue weighted by Gasteiger charge is -2.21. The molecule has 0 aliphatic rings. The van der Waals surface area contributed by atoms with Gasteiger partial charge in [0.2, 0.25) is 0 Å². The summed E-state index contributed by atoms with van der Waals surface area (Å²) in [7, 11) is -10.00. The molecule has 0 aromatic heterocycles. The predicted octanol–water partition coefficient (Wildman–Crippen LogP) is 26.3. The number of esters is 4. The average Bonchev–Trinajstić information content (AvgIpc) is 0.898. The Labute approximate surface area is 680 Å². The van der Waals surface area contributed by atoms with Crippen LogP contribution in [0.1, 0.15) is 349 Å². The zero-order valence-corrected chi connectivity index (χ0v) is 72.1. The van der Waals surface area contributed by atoms with E-state index in [0.717, 1.165) is 212 Å². The number of unbranched alkanes of at least 4 members (excludes halogenated alkanes) is 29. The number of aliphatic hydroxyl groups excluding tert-OH is 1. The molecule has 0 saturated heterocycles. The number of hydrogen-bond acceptors (Lipinski definition) is 15. The van der Waals surface area contributed by atoms with E-state index in [1.807, 2.05) is 0 Å². The molecule has 3 N–H and O–H groups in total. The Morgan fingerprint density at radius 2 is 0.464 bits per heavy atom. The molecule has 0 spiro atoms. The van der Waals surface area contributed by atoms with Crippen molar-refractivity contribution in [2.45, 2.75) is 367 Å². The first-order valence-electron chi connectivity index (χ1n) is 43.7. The van der Waals surface area contributed by atoms with Gasteiger partial charge >= 0.3 is 39.5 Å². The van der Waals surface area contributed by atoms with Crippen LogP contribution in [0, 0.1) is 0 Å². The summed E-state index contributed by atoms with van der Waals surface area (Å²) < 4.78 is 68.9. The first-order chi connectivity index (χ1) is 54.7. The van der Waals surface area contributed by atoms with Gasteiger partial charge in [-0.25, -0.2) is 9.13 Å². The summed E-state index contributed by atoms with van der Waals surface area (Å²) in [5, 5.41) is 10.7. The van der Waals surface area contributed by atoms with Gasteiger partial charge in [0.05, 0.1) is 26.4 Å². The Bertz CT molecular complexity index is 2740. The fraction of sp³-hybridized carbons (Fsp3) is 0.677. The van der Waals surface area contributed by atoms with E-state index in [4.69, 9.17) is 37.0 Å². The molecule has 0 fully saturated rings. The minimum absolute atomic E-state index is 0.0657. The van der Waals surface area contributed by atoms with Gasteiger partial charge in [-0.3, -0.25) is 37.3 Å². The van der Waals surface area contributed by atoms with Crippen molar-refractivity contribution in [1.29, 1.82) is 0 Å². The van der Waals surface area contributed by atoms with E-state index in [-0.39, 0.29) is 25.7 Å². The standard InChI is InChI=1S/C93H156O17P2/c1-5-9-13-17-21-25-29-33-37-40-43-46-50-53-57-61-65-69-73-77-90(95)103-83-88(109-92(97)79-75-71-67-63-59-55-49-36-32-28-24-20-16-12-8-4)85-107-111(99,100)105-81-87(94)82-106-112(101,102)108-86-89(110-93(98)80-76-72-68-64-60-56-52-48-45-42-39-35-31-27-23-19-15-11-7-3)84-104-91(96)78-74-70-66-62-58-54-51-47-44-41-38-34-30-26-22-18-14-10-6-2/h10-11,14-15,21-23,25-27,33-39,43-49,54,58,87-89,94H,5-9,12-13,16-20,24,28-32,40-42,50-53,55-57,59-86H2,1-4H3,(H,99,100)(H,101,102)/b14-10-,15-11-,25-21-,26-22-,27-23-,37-33-,38-34-,39-35-,46-43-,47-44-,48-45-,49-36-,58-54-. The second-order valence-corrected chi connectivity index (χ2v) is 31.6. The van der Waals surface area contributed by atoms with Gasteiger partial charge in [-0.2, -0.15) is 0 Å². The number of ether oxygens (including phenoxy) is 4. The monoisotopic (exact) mass is 1610 g/mol. The first-order valence-corrected chi connectivity index (χ1v) is 46.7. The van der Waals surface area contributed by atoms with Gasteiger partial charge in [0.1, 0.15) is 19.3 Å². The van der Waals surface area contributed by atoms with Gasteiger partial charge in [0.25, 0.3) is 0 Å². The smallest absolute Gasteiger partial charge is 0.462 e. The highest BCUT2D eigenvalue weighted by Gasteiger charge is 2.30. The summed E-state index contributed by atoms with van der Waals surface area (Å²) in [6.07, 6.45) is 99.1. The maximum Gasteiger partial charge on any atom is 0.472 e. The molecule has 0 heterocycles. The van der Waals surface area contributed by atoms with Gasteiger partial charge in [-0.05, 0) is 173 Å². The SMILES string of the molecule is CC/C=C\C/C=C\C/C=C\C/C=C\C/C=C\CCCCCC(=O)OCC(COP(=O)(O)OCC(O)COP(=O)(O)OCC(COC(=O)CCCCCCCC/C=C\C/C=C\C/C=C\CCCCC)OC(=O)CCCCCCC/C=C\CCCCCCCC)OC(=O)CCCCCCCC/C=C\C/C=C\C/C=C\C/C=C\CC. The number of allylic oxidation sites excluding steroid dienone is 26. The highest BCUT2D eigenvalue weighted by molar-refractivity contribution is 7.47. The van der Waals surface area contributed by atoms with E-state index in [9.17, 15) is 43.2 Å². The Morgan fingerprint density at radius 1 is 0.259 bits per heavy atom. The molecule has 5 atom stereocenters. The lowest BCUT2D eigenvalue weighted by atomic mass is 10.1. The molecular weight excluding hydrogens is 1450 g/mol. The van der Waals surface area contributed by atoms with Gasteiger partial charge in [-0.15, -0.1) is 0 Å². The van der Waals surface area contributed by atoms with Gasteiger partial charge < -0.3 is 33.8 Å². The summed E-state index contributed by atoms with van der Waals surface area (Å²) in [6.45, 7) is 4.58. The van der Waals surface area contributed by atoms with Crippen molar-refractivity contribution in [2.24, 2.45) is 0 Å². The molecule has 0 aliphatic heterocycles. The molecule has 0 aromatic carbocycles. The molecule has 0 aromatic rings. The number of aliphatic hydroxyl groups is 1. The van der Waals surface area contributed by atoms with Gasteiger partial charge in [0, 0.05) is 25.7 Å². The molecule has 0 rings (SSSR count). The van der Waals surface area contributed by atoms with Crippen LogP contribution in [0.2, 0.25) is 0 Å². The molecule has 17 nitrogen and oxygen atoms in total. The third-order valence-corrected chi connectivity index (χ3v) is 19.9. The average molecular weight is 1610 g/mol. The quantitative estimate of drug-likeness (QED) is 0.0169. The zero-order chi connectivity index (χ0) is 81.7. The second-order valence-electron chi connectivity index (χ2n) is 28.7. The minimum atomic E-state index is -5.00. The lowest BCUT2D eigenvalue weighted by Crippen LogP contribution is -2.30. The third kappa shape index (κ3) is 82.7. The van der Waals surface area contributed by atoms with Crippen LogP contribution < -0.4 is 0 Å². The van der Waals surface area contributed by atoms with Crippen LogP contribution in [-0.4, -0.2) is 96.7 Å². The van der Waals surface area contributed by atoms with Crippen molar-refractivity contribution < 1.29 is 80.2 Å². The molecule has 19 heteroatoms. The Kier molecular flexibility index (Phi) is 79.6. The number of rotatable bonds is 81. The minimum Gasteiger partial charge on any atom is -0.462 e. The van der Waals surface area contributed by atoms with Crippen molar-refractivity contribution >= 4 is 39.5 Å². The summed E-state index contributed by atoms with van der Waals surface area (Å²) >= 11 is 0. The lowest BCUT2D eigenvalue weighted by molar-refractivity contribution is -0.161. The topological polar surface area (TPSA) is 237 Å². The highest BCUT2D eigenvalue weighted by atomic mass is 31.2. The number of carbonyl (C=O) groups excluding carboxylic acids is 4. The van der Waals surface area contributed by atoms with Crippen molar-refractivity contribution in [2.75, 3.05) is 39.6 Å². The Balaban J connectivity index is 5.45. The van der Waals surface area contributed by atoms with Crippen LogP contribution in [-0.2, 0) is 65.4 Å². The number of phosphoric ester groups is 2. The van der Waals surface area contributed by atoms with Gasteiger partial charge in [-0.1, -0.05) is 308 Å². The second kappa shape index (κ2) is 83.6. The predicted molar refractivity (Wildman–Crippen MR) is 464 cm³/mol. The first kappa shape index (κ1) is 107. The van der Waals surface area contributed by atoms with E-state index in [1.165, 1.54) is 57.8 Å². The van der Waals surface area contributed by atoms with E-state index in [0.29, 0.717) is 25.7 Å². The summed E-state index contributed by atoms with van der Waals surface area (Å²) in [5.74, 6) is -2.25. The van der Waals surface area contributed by atoms with E-state index >= 15 is 0 Å². The molecule has 112 heavy (non-hydrogen) atoms. The molecule has 0 radical (unpaired) electrons. The van der Waals surface area contributed by atoms with Gasteiger partial charge in [0.15, 0.2) is 12.2 Å². The molecule has 0 aliphatic carbocycles. The molecule has 5 unspecified atom stereocenters. The highest BCUT2D eigenvalue weighted by Crippen LogP contribution is 2.45. The number of phosphoric acid groups is 2. The zero-order valence-electron chi connectivity index (χ0n) is 70.3. The molecular formula is C93H156O17P2. The van der Waals surface area contributed by atoms with Crippen LogP contribution >= 0.6 is 15.6 Å². The summed E-state index contributed by atoms with van der Waals surface area (Å²) in [5.41, 5.74) is 0. The van der Waals surface area contributed by atoms with Crippen molar-refractivity contribution in [1.82, 2.24) is 0 Å². The summed E-state index contributed by atoms with van der Waals surface area (Å²) in [4.78, 5) is 73.4. The van der Waals surface area contributed by atoms with E-state index in [2.05, 4.69) is 186 Å². The van der Waals surface area contributed by atoms with Crippen LogP contribution in [0.5, 0.6) is 0 Å². The van der Waals surface area contributed by atoms with Crippen molar-refractivity contribution in [3.8, 4) is 0 Å². The number of carbonyl (C=O) groups is 4.